The molecule has 0 N–H and O–H groups in total. The molecule has 4 nitrogen and oxygen atoms in total. The summed E-state index contributed by atoms with van der Waals surface area (Å²) in [6, 6.07) is 11.7. The molecule has 2 atom stereocenters. The Labute approximate surface area is 123 Å². The van der Waals surface area contributed by atoms with E-state index in [-0.39, 0.29) is 12.0 Å². The van der Waals surface area contributed by atoms with E-state index in [1.165, 1.54) is 0 Å². The molecule has 1 fully saturated rings. The molecule has 0 bridgehead atoms. The van der Waals surface area contributed by atoms with Gasteiger partial charge in [-0.1, -0.05) is 30.7 Å². The number of carbonyl (C=O) groups is 1. The van der Waals surface area contributed by atoms with Gasteiger partial charge in [-0.3, -0.25) is 0 Å². The first kappa shape index (κ1) is 13.6. The molecule has 4 heteroatoms. The lowest BCUT2D eigenvalue weighted by Gasteiger charge is -2.26. The summed E-state index contributed by atoms with van der Waals surface area (Å²) in [5, 5.41) is 10.9. The first-order valence-electron chi connectivity index (χ1n) is 7.24. The second-order valence-corrected chi connectivity index (χ2v) is 5.34. The summed E-state index contributed by atoms with van der Waals surface area (Å²) < 4.78 is 5.57. The van der Waals surface area contributed by atoms with Gasteiger partial charge < -0.3 is 4.74 Å². The molecular formula is C17H16N2O2. The summed E-state index contributed by atoms with van der Waals surface area (Å²) in [5.41, 5.74) is 0.329. The Kier molecular flexibility index (Phi) is 3.83. The van der Waals surface area contributed by atoms with Crippen LogP contribution in [0.3, 0.4) is 0 Å². The van der Waals surface area contributed by atoms with Gasteiger partial charge in [0, 0.05) is 11.6 Å². The van der Waals surface area contributed by atoms with Crippen LogP contribution >= 0.6 is 0 Å². The first-order chi connectivity index (χ1) is 10.3. The van der Waals surface area contributed by atoms with Crippen molar-refractivity contribution < 1.29 is 9.53 Å². The average Bonchev–Trinajstić information content (AvgIpc) is 2.54. The van der Waals surface area contributed by atoms with Crippen molar-refractivity contribution in [2.24, 2.45) is 5.92 Å². The topological polar surface area (TPSA) is 63.0 Å². The van der Waals surface area contributed by atoms with Crippen LogP contribution in [0.15, 0.2) is 36.5 Å². The molecule has 0 amide bonds. The van der Waals surface area contributed by atoms with Crippen molar-refractivity contribution in [3.8, 4) is 6.07 Å². The Morgan fingerprint density at radius 2 is 2.05 bits per heavy atom. The van der Waals surface area contributed by atoms with Gasteiger partial charge in [0.25, 0.3) is 0 Å². The summed E-state index contributed by atoms with van der Waals surface area (Å²) in [5.74, 6) is -0.628. The smallest absolute Gasteiger partial charge is 0.357 e. The van der Waals surface area contributed by atoms with Crippen LogP contribution in [0.1, 0.15) is 36.2 Å². The first-order valence-corrected chi connectivity index (χ1v) is 7.24. The molecule has 1 aromatic heterocycles. The highest BCUT2D eigenvalue weighted by molar-refractivity contribution is 6.02. The normalized spacial score (nSPS) is 21.7. The number of aromatic nitrogens is 1. The van der Waals surface area contributed by atoms with Gasteiger partial charge in [-0.15, -0.1) is 0 Å². The van der Waals surface area contributed by atoms with Crippen molar-refractivity contribution in [2.45, 2.75) is 31.8 Å². The van der Waals surface area contributed by atoms with Gasteiger partial charge in [0.1, 0.15) is 6.10 Å². The maximum atomic E-state index is 12.4. The highest BCUT2D eigenvalue weighted by atomic mass is 16.5. The van der Waals surface area contributed by atoms with Gasteiger partial charge in [-0.05, 0) is 30.7 Å². The highest BCUT2D eigenvalue weighted by Gasteiger charge is 2.29. The van der Waals surface area contributed by atoms with Gasteiger partial charge in [0.15, 0.2) is 5.69 Å². The third-order valence-electron chi connectivity index (χ3n) is 3.99. The molecule has 0 spiro atoms. The molecule has 106 valence electrons. The molecule has 2 aromatic rings. The molecule has 0 radical (unpaired) electrons. The van der Waals surface area contributed by atoms with Crippen LogP contribution in [0.5, 0.6) is 0 Å². The number of ether oxygens (including phenoxy) is 1. The largest absolute Gasteiger partial charge is 0.456 e. The van der Waals surface area contributed by atoms with Crippen LogP contribution in [0.4, 0.5) is 0 Å². The zero-order valence-electron chi connectivity index (χ0n) is 11.7. The lowest BCUT2D eigenvalue weighted by molar-refractivity contribution is 0.0103. The third-order valence-corrected chi connectivity index (χ3v) is 3.99. The second kappa shape index (κ2) is 5.92. The van der Waals surface area contributed by atoms with Crippen molar-refractivity contribution in [1.82, 2.24) is 4.98 Å². The number of nitriles is 1. The van der Waals surface area contributed by atoms with E-state index >= 15 is 0 Å². The lowest BCUT2D eigenvalue weighted by atomic mass is 9.87. The van der Waals surface area contributed by atoms with Gasteiger partial charge in [0.2, 0.25) is 0 Å². The van der Waals surface area contributed by atoms with Crippen molar-refractivity contribution in [2.75, 3.05) is 0 Å². The standard InChI is InChI=1S/C17H16N2O2/c18-11-13-6-2-4-8-15(13)21-17(20)16-14-7-3-1-5-12(14)9-10-19-16/h1,3,5,7,9-10,13,15H,2,4,6,8H2/t13-,15+/m1/s1. The van der Waals surface area contributed by atoms with Crippen LogP contribution in [0.25, 0.3) is 10.8 Å². The minimum atomic E-state index is -0.432. The lowest BCUT2D eigenvalue weighted by Crippen LogP contribution is -2.29. The van der Waals surface area contributed by atoms with Crippen molar-refractivity contribution in [3.63, 3.8) is 0 Å². The van der Waals surface area contributed by atoms with Crippen LogP contribution in [0.2, 0.25) is 0 Å². The molecule has 1 aliphatic rings. The van der Waals surface area contributed by atoms with Crippen molar-refractivity contribution in [3.05, 3.63) is 42.2 Å². The Hall–Kier alpha value is -2.41. The van der Waals surface area contributed by atoms with Crippen molar-refractivity contribution in [1.29, 1.82) is 5.26 Å². The summed E-state index contributed by atoms with van der Waals surface area (Å²) in [6.07, 6.45) is 4.89. The fourth-order valence-electron chi connectivity index (χ4n) is 2.86. The maximum absolute atomic E-state index is 12.4. The zero-order chi connectivity index (χ0) is 14.7. The van der Waals surface area contributed by atoms with Crippen molar-refractivity contribution >= 4 is 16.7 Å². The zero-order valence-corrected chi connectivity index (χ0v) is 11.7. The summed E-state index contributed by atoms with van der Waals surface area (Å²) in [7, 11) is 0. The number of nitrogens with zero attached hydrogens (tertiary/aromatic N) is 2. The SMILES string of the molecule is N#C[C@H]1CCCC[C@@H]1OC(=O)c1nccc2ccccc12. The Balaban J connectivity index is 1.86. The Morgan fingerprint density at radius 3 is 2.90 bits per heavy atom. The van der Waals surface area contributed by atoms with E-state index in [2.05, 4.69) is 11.1 Å². The molecular weight excluding hydrogens is 264 g/mol. The molecule has 1 aliphatic carbocycles. The number of carbonyl (C=O) groups excluding carboxylic acids is 1. The van der Waals surface area contributed by atoms with Gasteiger partial charge >= 0.3 is 5.97 Å². The second-order valence-electron chi connectivity index (χ2n) is 5.34. The average molecular weight is 280 g/mol. The summed E-state index contributed by atoms with van der Waals surface area (Å²) in [6.45, 7) is 0. The number of pyridine rings is 1. The van der Waals surface area contributed by atoms with Gasteiger partial charge in [-0.25, -0.2) is 9.78 Å². The fraction of sp³-hybridized carbons (Fsp3) is 0.353. The van der Waals surface area contributed by atoms with E-state index in [4.69, 9.17) is 10.00 Å². The van der Waals surface area contributed by atoms with E-state index in [1.54, 1.807) is 6.20 Å². The van der Waals surface area contributed by atoms with Gasteiger partial charge in [0.05, 0.1) is 12.0 Å². The van der Waals surface area contributed by atoms with Gasteiger partial charge in [-0.2, -0.15) is 5.26 Å². The molecule has 21 heavy (non-hydrogen) atoms. The summed E-state index contributed by atoms with van der Waals surface area (Å²) >= 11 is 0. The monoisotopic (exact) mass is 280 g/mol. The molecule has 0 saturated heterocycles. The molecule has 1 aromatic carbocycles. The minimum Gasteiger partial charge on any atom is -0.456 e. The van der Waals surface area contributed by atoms with Crippen LogP contribution in [-0.2, 0) is 4.74 Å². The van der Waals surface area contributed by atoms with E-state index in [1.807, 2.05) is 30.3 Å². The molecule has 0 unspecified atom stereocenters. The predicted octanol–water partition coefficient (Wildman–Crippen LogP) is 3.47. The molecule has 1 heterocycles. The fourth-order valence-corrected chi connectivity index (χ4v) is 2.86. The number of rotatable bonds is 2. The molecule has 0 aliphatic heterocycles. The third kappa shape index (κ3) is 2.73. The molecule has 1 saturated carbocycles. The maximum Gasteiger partial charge on any atom is 0.357 e. The Morgan fingerprint density at radius 1 is 1.24 bits per heavy atom. The highest BCUT2D eigenvalue weighted by Crippen LogP contribution is 2.27. The number of fused-ring (bicyclic) bond motifs is 1. The van der Waals surface area contributed by atoms with E-state index in [0.29, 0.717) is 5.69 Å². The minimum absolute atomic E-state index is 0.197. The number of esters is 1. The van der Waals surface area contributed by atoms with E-state index in [0.717, 1.165) is 36.5 Å². The number of benzene rings is 1. The van der Waals surface area contributed by atoms with E-state index in [9.17, 15) is 4.79 Å². The van der Waals surface area contributed by atoms with Crippen LogP contribution < -0.4 is 0 Å². The van der Waals surface area contributed by atoms with Crippen LogP contribution in [-0.4, -0.2) is 17.1 Å². The molecule has 3 rings (SSSR count). The quantitative estimate of drug-likeness (QED) is 0.790. The predicted molar refractivity (Wildman–Crippen MR) is 78.5 cm³/mol. The number of hydrogen-bond acceptors (Lipinski definition) is 4. The van der Waals surface area contributed by atoms with Crippen LogP contribution in [0, 0.1) is 17.2 Å². The Bertz CT molecular complexity index is 700. The number of hydrogen-bond donors (Lipinski definition) is 0. The van der Waals surface area contributed by atoms with E-state index < -0.39 is 5.97 Å². The summed E-state index contributed by atoms with van der Waals surface area (Å²) in [4.78, 5) is 16.6.